The molecule has 0 aliphatic carbocycles. The van der Waals surface area contributed by atoms with Crippen LogP contribution in [0, 0.1) is 13.8 Å². The maximum Gasteiger partial charge on any atom is 0.341 e. The standard InChI is InChI=1S/C18H20N2O3S2/c1-5-20-12-7-8-24-14(12)9-13(20)16(21)19-17-15(18(22)23-6-2)10(3)11(4)25-17/h7-9H,5-6H2,1-4H3,(H,19,21). The fourth-order valence-corrected chi connectivity index (χ4v) is 4.70. The fourth-order valence-electron chi connectivity index (χ4n) is 2.84. The van der Waals surface area contributed by atoms with Crippen LogP contribution in [0.5, 0.6) is 0 Å². The number of aromatic nitrogens is 1. The Morgan fingerprint density at radius 3 is 2.72 bits per heavy atom. The Labute approximate surface area is 154 Å². The van der Waals surface area contributed by atoms with E-state index >= 15 is 0 Å². The predicted molar refractivity (Wildman–Crippen MR) is 103 cm³/mol. The Kier molecular flexibility index (Phi) is 4.96. The van der Waals surface area contributed by atoms with Gasteiger partial charge < -0.3 is 14.6 Å². The van der Waals surface area contributed by atoms with Gasteiger partial charge in [0, 0.05) is 11.4 Å². The van der Waals surface area contributed by atoms with E-state index in [9.17, 15) is 9.59 Å². The summed E-state index contributed by atoms with van der Waals surface area (Å²) in [4.78, 5) is 26.1. The van der Waals surface area contributed by atoms with Crippen molar-refractivity contribution in [2.24, 2.45) is 0 Å². The van der Waals surface area contributed by atoms with E-state index in [1.54, 1.807) is 18.3 Å². The van der Waals surface area contributed by atoms with Gasteiger partial charge in [-0.25, -0.2) is 4.79 Å². The third-order valence-corrected chi connectivity index (χ3v) is 6.14. The molecule has 7 heteroatoms. The second-order valence-corrected chi connectivity index (χ2v) is 7.78. The minimum atomic E-state index is -0.397. The molecular weight excluding hydrogens is 356 g/mol. The Morgan fingerprint density at radius 1 is 1.28 bits per heavy atom. The number of amides is 1. The molecule has 0 aliphatic heterocycles. The molecule has 0 spiro atoms. The number of thiophene rings is 2. The van der Waals surface area contributed by atoms with Crippen LogP contribution < -0.4 is 5.32 Å². The molecule has 5 nitrogen and oxygen atoms in total. The van der Waals surface area contributed by atoms with Gasteiger partial charge in [-0.1, -0.05) is 0 Å². The average molecular weight is 377 g/mol. The largest absolute Gasteiger partial charge is 0.462 e. The topological polar surface area (TPSA) is 60.3 Å². The van der Waals surface area contributed by atoms with E-state index in [-0.39, 0.29) is 5.91 Å². The number of anilines is 1. The first kappa shape index (κ1) is 17.7. The number of hydrogen-bond donors (Lipinski definition) is 1. The number of nitrogens with zero attached hydrogens (tertiary/aromatic N) is 1. The van der Waals surface area contributed by atoms with Crippen molar-refractivity contribution >= 4 is 49.8 Å². The van der Waals surface area contributed by atoms with E-state index in [4.69, 9.17) is 4.74 Å². The molecular formula is C18H20N2O3S2. The third-order valence-electron chi connectivity index (χ3n) is 4.16. The van der Waals surface area contributed by atoms with Crippen LogP contribution in [-0.4, -0.2) is 23.1 Å². The van der Waals surface area contributed by atoms with Crippen molar-refractivity contribution in [1.82, 2.24) is 4.57 Å². The van der Waals surface area contributed by atoms with Crippen LogP contribution >= 0.6 is 22.7 Å². The SMILES string of the molecule is CCOC(=O)c1c(NC(=O)c2cc3sccc3n2CC)sc(C)c1C. The predicted octanol–water partition coefficient (Wildman–Crippen LogP) is 4.83. The summed E-state index contributed by atoms with van der Waals surface area (Å²) >= 11 is 3.01. The van der Waals surface area contributed by atoms with E-state index in [0.717, 1.165) is 20.7 Å². The Morgan fingerprint density at radius 2 is 2.04 bits per heavy atom. The highest BCUT2D eigenvalue weighted by Gasteiger charge is 2.24. The van der Waals surface area contributed by atoms with Gasteiger partial charge in [-0.15, -0.1) is 22.7 Å². The zero-order valence-corrected chi connectivity index (χ0v) is 16.3. The van der Waals surface area contributed by atoms with Gasteiger partial charge in [0.2, 0.25) is 0 Å². The number of rotatable bonds is 5. The van der Waals surface area contributed by atoms with Crippen molar-refractivity contribution in [2.45, 2.75) is 34.2 Å². The molecule has 25 heavy (non-hydrogen) atoms. The van der Waals surface area contributed by atoms with Gasteiger partial charge in [0.25, 0.3) is 5.91 Å². The van der Waals surface area contributed by atoms with Gasteiger partial charge in [-0.2, -0.15) is 0 Å². The fraction of sp³-hybridized carbons (Fsp3) is 0.333. The van der Waals surface area contributed by atoms with E-state index < -0.39 is 5.97 Å². The monoisotopic (exact) mass is 376 g/mol. The molecule has 3 aromatic heterocycles. The molecule has 0 saturated heterocycles. The second kappa shape index (κ2) is 7.01. The Hall–Kier alpha value is -2.12. The van der Waals surface area contributed by atoms with Crippen molar-refractivity contribution in [3.63, 3.8) is 0 Å². The summed E-state index contributed by atoms with van der Waals surface area (Å²) in [6.45, 7) is 8.59. The molecule has 0 fully saturated rings. The molecule has 0 aliphatic rings. The zero-order chi connectivity index (χ0) is 18.1. The molecule has 0 saturated carbocycles. The molecule has 0 radical (unpaired) electrons. The minimum Gasteiger partial charge on any atom is -0.462 e. The highest BCUT2D eigenvalue weighted by Crippen LogP contribution is 2.34. The van der Waals surface area contributed by atoms with Gasteiger partial charge in [-0.3, -0.25) is 4.79 Å². The third kappa shape index (κ3) is 3.09. The summed E-state index contributed by atoms with van der Waals surface area (Å²) in [5.41, 5.74) is 2.96. The summed E-state index contributed by atoms with van der Waals surface area (Å²) < 4.78 is 8.21. The van der Waals surface area contributed by atoms with Crippen LogP contribution in [0.4, 0.5) is 5.00 Å². The van der Waals surface area contributed by atoms with Crippen molar-refractivity contribution in [3.8, 4) is 0 Å². The number of nitrogens with one attached hydrogen (secondary N) is 1. The lowest BCUT2D eigenvalue weighted by atomic mass is 10.1. The van der Waals surface area contributed by atoms with Gasteiger partial charge in [0.1, 0.15) is 10.7 Å². The maximum absolute atomic E-state index is 12.8. The first-order valence-corrected chi connectivity index (χ1v) is 9.82. The average Bonchev–Trinajstić information content (AvgIpc) is 3.21. The smallest absolute Gasteiger partial charge is 0.341 e. The van der Waals surface area contributed by atoms with Crippen LogP contribution in [-0.2, 0) is 11.3 Å². The van der Waals surface area contributed by atoms with Crippen LogP contribution in [0.2, 0.25) is 0 Å². The molecule has 0 bridgehead atoms. The summed E-state index contributed by atoms with van der Waals surface area (Å²) in [5, 5.41) is 5.48. The molecule has 1 N–H and O–H groups in total. The molecule has 0 aromatic carbocycles. The number of ether oxygens (including phenoxy) is 1. The summed E-state index contributed by atoms with van der Waals surface area (Å²) in [6, 6.07) is 3.92. The van der Waals surface area contributed by atoms with E-state index in [2.05, 4.69) is 5.32 Å². The van der Waals surface area contributed by atoms with Gasteiger partial charge in [-0.05, 0) is 50.8 Å². The van der Waals surface area contributed by atoms with Gasteiger partial charge in [0.05, 0.1) is 22.4 Å². The number of fused-ring (bicyclic) bond motifs is 1. The summed E-state index contributed by atoms with van der Waals surface area (Å²) in [5.74, 6) is -0.608. The lowest BCUT2D eigenvalue weighted by Gasteiger charge is -2.09. The summed E-state index contributed by atoms with van der Waals surface area (Å²) in [7, 11) is 0. The van der Waals surface area contributed by atoms with Crippen molar-refractivity contribution < 1.29 is 14.3 Å². The maximum atomic E-state index is 12.8. The molecule has 3 rings (SSSR count). The van der Waals surface area contributed by atoms with Crippen LogP contribution in [0.3, 0.4) is 0 Å². The van der Waals surface area contributed by atoms with E-state index in [1.807, 2.05) is 42.9 Å². The number of hydrogen-bond acceptors (Lipinski definition) is 5. The first-order chi connectivity index (χ1) is 12.0. The molecule has 0 unspecified atom stereocenters. The molecule has 1 amide bonds. The summed E-state index contributed by atoms with van der Waals surface area (Å²) in [6.07, 6.45) is 0. The lowest BCUT2D eigenvalue weighted by Crippen LogP contribution is -2.18. The first-order valence-electron chi connectivity index (χ1n) is 8.13. The Bertz CT molecular complexity index is 949. The van der Waals surface area contributed by atoms with Gasteiger partial charge in [0.15, 0.2) is 0 Å². The van der Waals surface area contributed by atoms with E-state index in [0.29, 0.717) is 29.4 Å². The highest BCUT2D eigenvalue weighted by molar-refractivity contribution is 7.17. The molecule has 3 heterocycles. The van der Waals surface area contributed by atoms with Crippen molar-refractivity contribution in [1.29, 1.82) is 0 Å². The normalized spacial score (nSPS) is 11.0. The van der Waals surface area contributed by atoms with Gasteiger partial charge >= 0.3 is 5.97 Å². The number of aryl methyl sites for hydroxylation is 2. The van der Waals surface area contributed by atoms with Crippen LogP contribution in [0.15, 0.2) is 17.5 Å². The number of carbonyl (C=O) groups is 2. The highest BCUT2D eigenvalue weighted by atomic mass is 32.1. The minimum absolute atomic E-state index is 0.211. The van der Waals surface area contributed by atoms with Crippen LogP contribution in [0.1, 0.15) is 45.1 Å². The molecule has 0 atom stereocenters. The van der Waals surface area contributed by atoms with Crippen molar-refractivity contribution in [2.75, 3.05) is 11.9 Å². The van der Waals surface area contributed by atoms with Crippen molar-refractivity contribution in [3.05, 3.63) is 39.2 Å². The lowest BCUT2D eigenvalue weighted by molar-refractivity contribution is 0.0527. The number of esters is 1. The molecule has 3 aromatic rings. The molecule has 132 valence electrons. The quantitative estimate of drug-likeness (QED) is 0.649. The van der Waals surface area contributed by atoms with E-state index in [1.165, 1.54) is 11.3 Å². The number of carbonyl (C=O) groups excluding carboxylic acids is 2. The zero-order valence-electron chi connectivity index (χ0n) is 14.6. The second-order valence-electron chi connectivity index (χ2n) is 5.61. The Balaban J connectivity index is 1.96. The van der Waals surface area contributed by atoms with Crippen LogP contribution in [0.25, 0.3) is 10.2 Å².